The molecule has 0 aliphatic heterocycles. The smallest absolute Gasteiger partial charge is 0.215 e. The lowest BCUT2D eigenvalue weighted by Gasteiger charge is -2.04. The number of hydrogen-bond donors (Lipinski definition) is 0. The molecule has 1 radical (unpaired) electrons. The molecule has 4 nitrogen and oxygen atoms in total. The molecule has 22 heavy (non-hydrogen) atoms. The Balaban J connectivity index is 1.75. The van der Waals surface area contributed by atoms with E-state index in [9.17, 15) is 4.79 Å². The SMILES string of the molecule is Cc1ccc(-n2cn[n+]([C-]C(=O)c3ccc(Cl)cc3)c2)cc1. The molecule has 109 valence electrons. The highest BCUT2D eigenvalue weighted by molar-refractivity contribution is 6.30. The number of aryl methyl sites for hydroxylation is 1. The summed E-state index contributed by atoms with van der Waals surface area (Å²) in [5.41, 5.74) is 2.67. The Kier molecular flexibility index (Phi) is 3.94. The number of benzene rings is 2. The molecular weight excluding hydrogens is 298 g/mol. The monoisotopic (exact) mass is 310 g/mol. The van der Waals surface area contributed by atoms with Crippen molar-refractivity contribution in [3.8, 4) is 5.69 Å². The van der Waals surface area contributed by atoms with Crippen molar-refractivity contribution in [2.45, 2.75) is 6.92 Å². The maximum Gasteiger partial charge on any atom is 0.215 e. The number of nitrogens with zero attached hydrogens (tertiary/aromatic N) is 3. The fraction of sp³-hybridized carbons (Fsp3) is 0.0588. The standard InChI is InChI=1S/C17H13ClN3O/c1-13-2-8-16(9-3-13)20-11-19-21(12-20)10-17(22)14-4-6-15(18)7-5-14/h2-9,11-12H,1H3. The number of aromatic nitrogens is 3. The summed E-state index contributed by atoms with van der Waals surface area (Å²) in [6.07, 6.45) is 3.32. The van der Waals surface area contributed by atoms with E-state index in [0.29, 0.717) is 10.6 Å². The average Bonchev–Trinajstić information content (AvgIpc) is 2.97. The fourth-order valence-electron chi connectivity index (χ4n) is 1.97. The van der Waals surface area contributed by atoms with E-state index in [2.05, 4.69) is 11.6 Å². The molecule has 3 aromatic rings. The van der Waals surface area contributed by atoms with Crippen molar-refractivity contribution >= 4 is 17.4 Å². The Labute approximate surface area is 133 Å². The first kappa shape index (κ1) is 14.4. The molecule has 0 saturated carbocycles. The van der Waals surface area contributed by atoms with E-state index < -0.39 is 0 Å². The molecule has 2 aromatic carbocycles. The zero-order valence-electron chi connectivity index (χ0n) is 11.9. The van der Waals surface area contributed by atoms with E-state index in [-0.39, 0.29) is 5.78 Å². The molecule has 0 aliphatic rings. The third-order valence-electron chi connectivity index (χ3n) is 3.19. The molecule has 1 heterocycles. The van der Waals surface area contributed by atoms with Crippen LogP contribution in [0.15, 0.2) is 61.2 Å². The zero-order valence-corrected chi connectivity index (χ0v) is 12.7. The van der Waals surface area contributed by atoms with Gasteiger partial charge in [0.05, 0.1) is 6.54 Å². The molecule has 0 atom stereocenters. The molecule has 0 unspecified atom stereocenters. The number of halogens is 1. The number of Topliss-reactive ketones (excluding diaryl/α,β-unsaturated/α-hetero) is 1. The highest BCUT2D eigenvalue weighted by Gasteiger charge is 2.07. The summed E-state index contributed by atoms with van der Waals surface area (Å²) in [7, 11) is 0. The molecule has 0 bridgehead atoms. The van der Waals surface area contributed by atoms with Crippen molar-refractivity contribution in [3.05, 3.63) is 83.9 Å². The molecule has 0 saturated heterocycles. The van der Waals surface area contributed by atoms with Gasteiger partial charge in [-0.05, 0) is 19.1 Å². The van der Waals surface area contributed by atoms with Crippen LogP contribution in [0.25, 0.3) is 5.69 Å². The van der Waals surface area contributed by atoms with Gasteiger partial charge < -0.3 is 4.79 Å². The Morgan fingerprint density at radius 2 is 1.82 bits per heavy atom. The first-order valence-corrected chi connectivity index (χ1v) is 7.09. The van der Waals surface area contributed by atoms with Gasteiger partial charge in [0.25, 0.3) is 0 Å². The summed E-state index contributed by atoms with van der Waals surface area (Å²) in [5, 5.41) is 4.71. The van der Waals surface area contributed by atoms with Crippen molar-refractivity contribution < 1.29 is 9.48 Å². The van der Waals surface area contributed by atoms with Gasteiger partial charge in [-0.3, -0.25) is 0 Å². The van der Waals surface area contributed by atoms with Gasteiger partial charge in [-0.2, -0.15) is 0 Å². The maximum atomic E-state index is 12.1. The topological polar surface area (TPSA) is 38.8 Å². The second kappa shape index (κ2) is 6.03. The summed E-state index contributed by atoms with van der Waals surface area (Å²) in [4.78, 5) is 12.1. The van der Waals surface area contributed by atoms with E-state index in [1.165, 1.54) is 10.2 Å². The lowest BCUT2D eigenvalue weighted by atomic mass is 10.1. The molecule has 5 heteroatoms. The van der Waals surface area contributed by atoms with E-state index in [1.807, 2.05) is 35.8 Å². The molecule has 0 fully saturated rings. The van der Waals surface area contributed by atoms with Crippen molar-refractivity contribution in [1.82, 2.24) is 9.67 Å². The zero-order chi connectivity index (χ0) is 15.5. The number of rotatable bonds is 4. The summed E-state index contributed by atoms with van der Waals surface area (Å²) in [5.74, 6) is -0.254. The van der Waals surface area contributed by atoms with Crippen LogP contribution in [0.5, 0.6) is 0 Å². The van der Waals surface area contributed by atoms with Crippen LogP contribution in [0.4, 0.5) is 0 Å². The van der Waals surface area contributed by atoms with Crippen LogP contribution in [0.2, 0.25) is 5.02 Å². The summed E-state index contributed by atoms with van der Waals surface area (Å²) in [6, 6.07) is 14.7. The van der Waals surface area contributed by atoms with Crippen molar-refractivity contribution in [3.63, 3.8) is 0 Å². The van der Waals surface area contributed by atoms with E-state index in [4.69, 9.17) is 11.6 Å². The number of hydrogen-bond acceptors (Lipinski definition) is 2. The third kappa shape index (κ3) is 3.18. The molecule has 0 spiro atoms. The Morgan fingerprint density at radius 1 is 1.14 bits per heavy atom. The summed E-state index contributed by atoms with van der Waals surface area (Å²) >= 11 is 5.81. The minimum Gasteiger partial charge on any atom is -0.315 e. The summed E-state index contributed by atoms with van der Waals surface area (Å²) in [6.45, 7) is 4.71. The molecule has 3 rings (SSSR count). The Hall–Kier alpha value is -2.59. The molecular formula is C17H13ClN3O. The van der Waals surface area contributed by atoms with Crippen LogP contribution in [-0.4, -0.2) is 15.4 Å². The number of ketones is 1. The first-order valence-electron chi connectivity index (χ1n) is 6.72. The van der Waals surface area contributed by atoms with Crippen molar-refractivity contribution in [2.24, 2.45) is 0 Å². The van der Waals surface area contributed by atoms with Crippen LogP contribution < -0.4 is 4.68 Å². The van der Waals surface area contributed by atoms with Crippen LogP contribution in [0.1, 0.15) is 15.9 Å². The minimum atomic E-state index is -0.254. The van der Waals surface area contributed by atoms with Gasteiger partial charge in [-0.25, -0.2) is 9.25 Å². The molecule has 0 amide bonds. The van der Waals surface area contributed by atoms with Gasteiger partial charge in [-0.15, -0.1) is 12.1 Å². The lowest BCUT2D eigenvalue weighted by molar-refractivity contribution is -0.684. The normalized spacial score (nSPS) is 10.5. The van der Waals surface area contributed by atoms with E-state index in [0.717, 1.165) is 5.69 Å². The van der Waals surface area contributed by atoms with Crippen LogP contribution in [-0.2, 0) is 0 Å². The number of carbonyl (C=O) groups excluding carboxylic acids is 1. The molecule has 0 N–H and O–H groups in total. The van der Waals surface area contributed by atoms with Crippen molar-refractivity contribution in [2.75, 3.05) is 0 Å². The quantitative estimate of drug-likeness (QED) is 0.422. The first-order chi connectivity index (χ1) is 10.6. The fourth-order valence-corrected chi connectivity index (χ4v) is 2.09. The maximum absolute atomic E-state index is 12.1. The molecule has 1 aromatic heterocycles. The van der Waals surface area contributed by atoms with Crippen LogP contribution in [0, 0.1) is 13.5 Å². The predicted molar refractivity (Wildman–Crippen MR) is 82.9 cm³/mol. The average molecular weight is 311 g/mol. The van der Waals surface area contributed by atoms with Gasteiger partial charge in [0.2, 0.25) is 6.33 Å². The second-order valence-corrected chi connectivity index (χ2v) is 5.32. The van der Waals surface area contributed by atoms with E-state index >= 15 is 0 Å². The summed E-state index contributed by atoms with van der Waals surface area (Å²) < 4.78 is 3.19. The number of carbonyl (C=O) groups is 1. The highest BCUT2D eigenvalue weighted by Crippen LogP contribution is 2.10. The third-order valence-corrected chi connectivity index (χ3v) is 3.44. The Bertz CT molecular complexity index is 792. The van der Waals surface area contributed by atoms with Gasteiger partial charge in [0, 0.05) is 5.02 Å². The lowest BCUT2D eigenvalue weighted by Crippen LogP contribution is -2.36. The van der Waals surface area contributed by atoms with Crippen LogP contribution in [0.3, 0.4) is 0 Å². The van der Waals surface area contributed by atoms with Gasteiger partial charge >= 0.3 is 0 Å². The largest absolute Gasteiger partial charge is 0.315 e. The van der Waals surface area contributed by atoms with Gasteiger partial charge in [0.1, 0.15) is 11.5 Å². The minimum absolute atomic E-state index is 0.254. The molecule has 0 aliphatic carbocycles. The van der Waals surface area contributed by atoms with Gasteiger partial charge in [0.15, 0.2) is 6.33 Å². The Morgan fingerprint density at radius 3 is 2.50 bits per heavy atom. The van der Waals surface area contributed by atoms with E-state index in [1.54, 1.807) is 36.9 Å². The van der Waals surface area contributed by atoms with Gasteiger partial charge in [-0.1, -0.05) is 52.1 Å². The van der Waals surface area contributed by atoms with Crippen LogP contribution >= 0.6 is 11.6 Å². The second-order valence-electron chi connectivity index (χ2n) is 4.88. The van der Waals surface area contributed by atoms with Crippen molar-refractivity contribution in [1.29, 1.82) is 0 Å². The highest BCUT2D eigenvalue weighted by atomic mass is 35.5. The predicted octanol–water partition coefficient (Wildman–Crippen LogP) is 2.89.